The summed E-state index contributed by atoms with van der Waals surface area (Å²) in [5.41, 5.74) is 11.5. The van der Waals surface area contributed by atoms with Crippen molar-refractivity contribution in [1.82, 2.24) is 0 Å². The van der Waals surface area contributed by atoms with Gasteiger partial charge in [0.15, 0.2) is 0 Å². The molecule has 2 heteroatoms. The normalized spacial score (nSPS) is 15.8. The van der Waals surface area contributed by atoms with Crippen molar-refractivity contribution in [2.45, 2.75) is 22.1 Å². The molecule has 1 aliphatic heterocycles. The second kappa shape index (κ2) is 8.59. The van der Waals surface area contributed by atoms with Crippen LogP contribution in [-0.2, 0) is 20.4 Å². The fourth-order valence-electron chi connectivity index (χ4n) is 5.79. The standard InChI is InChI=1S/C25H17.C5H5.C2H4Si.Zr/c1-3-7-18(8-4-1)20-11-13-24-22(15-20)17-23-16-21(12-14-25(23)24)19-9-5-2-6-10-19;1-2-4-5-3-1;1-2-3-1;/h1-17H;1-3H,4H2;1-2H2;. The number of hydrogen-bond acceptors (Lipinski definition) is 0. The third-order valence-corrected chi connectivity index (χ3v) is 27.8. The van der Waals surface area contributed by atoms with Gasteiger partial charge in [-0.05, 0) is 0 Å². The Bertz CT molecular complexity index is 1410. The summed E-state index contributed by atoms with van der Waals surface area (Å²) in [5, 5.41) is 0. The zero-order valence-electron chi connectivity index (χ0n) is 19.2. The predicted molar refractivity (Wildman–Crippen MR) is 142 cm³/mol. The average Bonchev–Trinajstić information content (AvgIpc) is 3.50. The Morgan fingerprint density at radius 2 is 1.18 bits per heavy atom. The van der Waals surface area contributed by atoms with Crippen molar-refractivity contribution in [2.24, 2.45) is 0 Å². The minimum atomic E-state index is -1.85. The van der Waals surface area contributed by atoms with Crippen molar-refractivity contribution in [2.75, 3.05) is 0 Å². The zero-order valence-corrected chi connectivity index (χ0v) is 22.6. The molecule has 0 unspecified atom stereocenters. The van der Waals surface area contributed by atoms with E-state index in [-0.39, 0.29) is 5.43 Å². The molecule has 0 atom stereocenters. The molecular weight excluding hydrogens is 504 g/mol. The molecule has 0 aromatic heterocycles. The summed E-state index contributed by atoms with van der Waals surface area (Å²) in [4.78, 5) is 0. The van der Waals surface area contributed by atoms with Crippen molar-refractivity contribution in [3.63, 3.8) is 0 Å². The van der Waals surface area contributed by atoms with Crippen LogP contribution in [0.25, 0.3) is 33.4 Å². The first-order valence-electron chi connectivity index (χ1n) is 12.3. The van der Waals surface area contributed by atoms with E-state index in [1.807, 2.05) is 3.28 Å². The van der Waals surface area contributed by atoms with Gasteiger partial charge in [0.1, 0.15) is 0 Å². The molecule has 3 aliphatic rings. The van der Waals surface area contributed by atoms with Crippen LogP contribution in [-0.4, -0.2) is 5.43 Å². The van der Waals surface area contributed by atoms with E-state index in [4.69, 9.17) is 0 Å². The summed E-state index contributed by atoms with van der Waals surface area (Å²) >= 11 is -1.85. The maximum atomic E-state index is 2.56. The molecular formula is C32H26SiZr. The molecule has 0 radical (unpaired) electrons. The summed E-state index contributed by atoms with van der Waals surface area (Å²) in [5.74, 6) is 0. The quantitative estimate of drug-likeness (QED) is 0.232. The van der Waals surface area contributed by atoms with Crippen molar-refractivity contribution >= 4 is 5.43 Å². The van der Waals surface area contributed by atoms with Crippen LogP contribution in [0, 0.1) is 0 Å². The van der Waals surface area contributed by atoms with Gasteiger partial charge in [0, 0.05) is 0 Å². The van der Waals surface area contributed by atoms with Gasteiger partial charge in [-0.15, -0.1) is 0 Å². The molecule has 7 rings (SSSR count). The molecule has 34 heavy (non-hydrogen) atoms. The molecule has 4 aromatic rings. The van der Waals surface area contributed by atoms with Crippen LogP contribution in [0.5, 0.6) is 0 Å². The summed E-state index contributed by atoms with van der Waals surface area (Å²) < 4.78 is 2.54. The molecule has 0 nitrogen and oxygen atoms in total. The van der Waals surface area contributed by atoms with Crippen LogP contribution in [0.15, 0.2) is 119 Å². The minimum absolute atomic E-state index is 0.137. The Hall–Kier alpha value is -2.54. The number of benzene rings is 4. The van der Waals surface area contributed by atoms with E-state index in [0.29, 0.717) is 3.63 Å². The molecule has 0 N–H and O–H groups in total. The first-order chi connectivity index (χ1) is 16.9. The molecule has 1 saturated heterocycles. The van der Waals surface area contributed by atoms with Gasteiger partial charge >= 0.3 is 211 Å². The fraction of sp³-hybridized carbons (Fsp3) is 0.125. The molecule has 0 saturated carbocycles. The molecule has 162 valence electrons. The second-order valence-electron chi connectivity index (χ2n) is 9.61. The van der Waals surface area contributed by atoms with Crippen LogP contribution in [0.1, 0.15) is 21.2 Å². The van der Waals surface area contributed by atoms with Gasteiger partial charge in [0.05, 0.1) is 0 Å². The van der Waals surface area contributed by atoms with Crippen molar-refractivity contribution in [3.05, 3.63) is 130 Å². The number of fused-ring (bicyclic) bond motifs is 3. The summed E-state index contributed by atoms with van der Waals surface area (Å²) in [6, 6.07) is 39.6. The number of rotatable bonds is 4. The van der Waals surface area contributed by atoms with Crippen LogP contribution >= 0.6 is 0 Å². The van der Waals surface area contributed by atoms with Gasteiger partial charge in [-0.3, -0.25) is 0 Å². The zero-order chi connectivity index (χ0) is 22.5. The third-order valence-electron chi connectivity index (χ3n) is 7.52. The van der Waals surface area contributed by atoms with Gasteiger partial charge in [-0.2, -0.15) is 0 Å². The molecule has 0 spiro atoms. The Labute approximate surface area is 209 Å². The fourth-order valence-corrected chi connectivity index (χ4v) is 28.8. The molecule has 0 bridgehead atoms. The van der Waals surface area contributed by atoms with E-state index in [2.05, 4.69) is 115 Å². The monoisotopic (exact) mass is 528 g/mol. The SMILES string of the molecule is C1=CC[C]([Zr]([CH]2c3cc(-c4ccccc4)ccc3-c3ccc(-c4ccccc4)cc32)=[Si]2CC2)=C1. The Kier molecular flexibility index (Phi) is 5.26. The molecule has 2 aliphatic carbocycles. The van der Waals surface area contributed by atoms with Gasteiger partial charge in [0.2, 0.25) is 0 Å². The van der Waals surface area contributed by atoms with Crippen molar-refractivity contribution in [1.29, 1.82) is 0 Å². The average molecular weight is 530 g/mol. The second-order valence-corrected chi connectivity index (χ2v) is 25.3. The molecule has 1 heterocycles. The molecule has 0 amide bonds. The van der Waals surface area contributed by atoms with E-state index in [0.717, 1.165) is 0 Å². The third kappa shape index (κ3) is 3.60. The van der Waals surface area contributed by atoms with Gasteiger partial charge < -0.3 is 0 Å². The first kappa shape index (κ1) is 20.8. The Morgan fingerprint density at radius 3 is 1.65 bits per heavy atom. The van der Waals surface area contributed by atoms with E-state index in [9.17, 15) is 0 Å². The maximum absolute atomic E-state index is 2.56. The Morgan fingerprint density at radius 1 is 0.618 bits per heavy atom. The van der Waals surface area contributed by atoms with E-state index >= 15 is 0 Å². The number of allylic oxidation sites excluding steroid dienone is 4. The summed E-state index contributed by atoms with van der Waals surface area (Å²) in [6.07, 6.45) is 8.47. The van der Waals surface area contributed by atoms with Crippen LogP contribution in [0.4, 0.5) is 0 Å². The van der Waals surface area contributed by atoms with Crippen LogP contribution < -0.4 is 0 Å². The van der Waals surface area contributed by atoms with E-state index < -0.39 is 20.4 Å². The van der Waals surface area contributed by atoms with E-state index in [1.54, 1.807) is 23.2 Å². The van der Waals surface area contributed by atoms with Crippen LogP contribution in [0.2, 0.25) is 12.1 Å². The number of hydrogen-bond donors (Lipinski definition) is 0. The summed E-state index contributed by atoms with van der Waals surface area (Å²) in [7, 11) is 0. The predicted octanol–water partition coefficient (Wildman–Crippen LogP) is 8.56. The molecule has 4 aromatic carbocycles. The van der Waals surface area contributed by atoms with Crippen LogP contribution in [0.3, 0.4) is 0 Å². The molecule has 1 fully saturated rings. The Balaban J connectivity index is 1.45. The van der Waals surface area contributed by atoms with Gasteiger partial charge in [0.25, 0.3) is 0 Å². The van der Waals surface area contributed by atoms with Crippen molar-refractivity contribution in [3.8, 4) is 33.4 Å². The summed E-state index contributed by atoms with van der Waals surface area (Å²) in [6.45, 7) is 0. The van der Waals surface area contributed by atoms with Crippen molar-refractivity contribution < 1.29 is 20.4 Å². The topological polar surface area (TPSA) is 0 Å². The van der Waals surface area contributed by atoms with E-state index in [1.165, 1.54) is 39.8 Å². The first-order valence-corrected chi connectivity index (χ1v) is 20.6. The van der Waals surface area contributed by atoms with Gasteiger partial charge in [-0.1, -0.05) is 0 Å². The van der Waals surface area contributed by atoms with Gasteiger partial charge in [-0.25, -0.2) is 0 Å².